The summed E-state index contributed by atoms with van der Waals surface area (Å²) in [7, 11) is -3.75. The van der Waals surface area contributed by atoms with Crippen LogP contribution in [-0.4, -0.2) is 14.2 Å². The van der Waals surface area contributed by atoms with Crippen molar-refractivity contribution in [1.82, 2.24) is 0 Å². The van der Waals surface area contributed by atoms with Crippen molar-refractivity contribution in [2.45, 2.75) is 11.8 Å². The number of rotatable bonds is 4. The van der Waals surface area contributed by atoms with Gasteiger partial charge in [-0.05, 0) is 43.3 Å². The Morgan fingerprint density at radius 3 is 2.25 bits per heavy atom. The number of carbonyl (C=O) groups excluding carboxylic acids is 1. The van der Waals surface area contributed by atoms with Gasteiger partial charge in [0.25, 0.3) is 10.0 Å². The van der Waals surface area contributed by atoms with Gasteiger partial charge in [-0.15, -0.1) is 0 Å². The Kier molecular flexibility index (Phi) is 4.11. The maximum Gasteiger partial charge on any atom is 0.261 e. The minimum atomic E-state index is -3.75. The van der Waals surface area contributed by atoms with Crippen LogP contribution >= 0.6 is 11.6 Å². The van der Waals surface area contributed by atoms with E-state index in [1.54, 1.807) is 24.3 Å². The summed E-state index contributed by atoms with van der Waals surface area (Å²) < 4.78 is 26.9. The molecule has 0 fully saturated rings. The Hall–Kier alpha value is -1.85. The van der Waals surface area contributed by atoms with Crippen LogP contribution < -0.4 is 4.72 Å². The predicted molar refractivity (Wildman–Crippen MR) is 78.7 cm³/mol. The average molecular weight is 310 g/mol. The van der Waals surface area contributed by atoms with Crippen LogP contribution in [0.25, 0.3) is 0 Å². The normalized spacial score (nSPS) is 11.1. The van der Waals surface area contributed by atoms with Crippen LogP contribution in [0.2, 0.25) is 5.02 Å². The highest BCUT2D eigenvalue weighted by Crippen LogP contribution is 2.21. The number of anilines is 1. The van der Waals surface area contributed by atoms with E-state index in [-0.39, 0.29) is 16.4 Å². The summed E-state index contributed by atoms with van der Waals surface area (Å²) >= 11 is 5.73. The average Bonchev–Trinajstić information content (AvgIpc) is 2.39. The molecule has 0 atom stereocenters. The molecule has 0 amide bonds. The van der Waals surface area contributed by atoms with Gasteiger partial charge < -0.3 is 0 Å². The number of halogens is 1. The molecular weight excluding hydrogens is 298 g/mol. The van der Waals surface area contributed by atoms with Gasteiger partial charge in [-0.2, -0.15) is 0 Å². The van der Waals surface area contributed by atoms with Gasteiger partial charge >= 0.3 is 0 Å². The lowest BCUT2D eigenvalue weighted by Gasteiger charge is -2.11. The van der Waals surface area contributed by atoms with E-state index in [9.17, 15) is 13.2 Å². The first kappa shape index (κ1) is 14.6. The lowest BCUT2D eigenvalue weighted by atomic mass is 10.1. The molecule has 2 rings (SSSR count). The number of para-hydroxylation sites is 1. The van der Waals surface area contributed by atoms with E-state index in [2.05, 4.69) is 4.72 Å². The number of Topliss-reactive ketones (excluding diaryl/α,β-unsaturated/α-hetero) is 1. The van der Waals surface area contributed by atoms with E-state index < -0.39 is 10.0 Å². The molecule has 0 saturated heterocycles. The molecular formula is C14H12ClNO3S. The zero-order chi connectivity index (χ0) is 14.8. The molecule has 0 unspecified atom stereocenters. The number of hydrogen-bond donors (Lipinski definition) is 1. The predicted octanol–water partition coefficient (Wildman–Crippen LogP) is 3.34. The lowest BCUT2D eigenvalue weighted by molar-refractivity contribution is 0.101. The third-order valence-corrected chi connectivity index (χ3v) is 4.31. The zero-order valence-electron chi connectivity index (χ0n) is 10.6. The maximum atomic E-state index is 12.2. The Morgan fingerprint density at radius 2 is 1.65 bits per heavy atom. The highest BCUT2D eigenvalue weighted by molar-refractivity contribution is 7.92. The van der Waals surface area contributed by atoms with Crippen molar-refractivity contribution in [2.75, 3.05) is 4.72 Å². The Balaban J connectivity index is 2.38. The van der Waals surface area contributed by atoms with Gasteiger partial charge in [-0.1, -0.05) is 23.7 Å². The summed E-state index contributed by atoms with van der Waals surface area (Å²) in [5.41, 5.74) is 0.583. The van der Waals surface area contributed by atoms with Crippen molar-refractivity contribution in [1.29, 1.82) is 0 Å². The van der Waals surface area contributed by atoms with Crippen LogP contribution in [0, 0.1) is 0 Å². The molecule has 0 spiro atoms. The molecule has 0 radical (unpaired) electrons. The van der Waals surface area contributed by atoms with Crippen LogP contribution in [0.4, 0.5) is 5.69 Å². The zero-order valence-corrected chi connectivity index (χ0v) is 12.2. The Bertz CT molecular complexity index is 739. The molecule has 4 nitrogen and oxygen atoms in total. The number of hydrogen-bond acceptors (Lipinski definition) is 3. The van der Waals surface area contributed by atoms with Gasteiger partial charge in [0, 0.05) is 10.6 Å². The molecule has 2 aromatic carbocycles. The molecule has 0 aliphatic rings. The molecule has 6 heteroatoms. The van der Waals surface area contributed by atoms with Gasteiger partial charge in [0.15, 0.2) is 5.78 Å². The van der Waals surface area contributed by atoms with Gasteiger partial charge in [0.05, 0.1) is 10.6 Å². The van der Waals surface area contributed by atoms with E-state index >= 15 is 0 Å². The Labute approximate surface area is 122 Å². The number of nitrogens with one attached hydrogen (secondary N) is 1. The molecule has 2 aromatic rings. The van der Waals surface area contributed by atoms with Crippen molar-refractivity contribution < 1.29 is 13.2 Å². The van der Waals surface area contributed by atoms with Crippen LogP contribution in [0.15, 0.2) is 53.4 Å². The van der Waals surface area contributed by atoms with E-state index in [0.717, 1.165) is 0 Å². The van der Waals surface area contributed by atoms with E-state index in [1.807, 2.05) is 0 Å². The molecule has 1 N–H and O–H groups in total. The SMILES string of the molecule is CC(=O)c1ccccc1NS(=O)(=O)c1ccc(Cl)cc1. The smallest absolute Gasteiger partial charge is 0.261 e. The molecule has 0 aliphatic carbocycles. The summed E-state index contributed by atoms with van der Waals surface area (Å²) in [4.78, 5) is 11.6. The standard InChI is InChI=1S/C14H12ClNO3S/c1-10(17)13-4-2-3-5-14(13)16-20(18,19)12-8-6-11(15)7-9-12/h2-9,16H,1H3. The number of ketones is 1. The molecule has 0 saturated carbocycles. The van der Waals surface area contributed by atoms with Gasteiger partial charge in [-0.3, -0.25) is 9.52 Å². The Morgan fingerprint density at radius 1 is 1.05 bits per heavy atom. The van der Waals surface area contributed by atoms with Crippen LogP contribution in [0.5, 0.6) is 0 Å². The first-order valence-corrected chi connectivity index (χ1v) is 7.64. The molecule has 0 bridgehead atoms. The second-order valence-electron chi connectivity index (χ2n) is 4.16. The lowest BCUT2D eigenvalue weighted by Crippen LogP contribution is -2.15. The van der Waals surface area contributed by atoms with Gasteiger partial charge in [-0.25, -0.2) is 8.42 Å². The highest BCUT2D eigenvalue weighted by Gasteiger charge is 2.16. The fourth-order valence-corrected chi connectivity index (χ4v) is 2.90. The fourth-order valence-electron chi connectivity index (χ4n) is 1.70. The third kappa shape index (κ3) is 3.18. The first-order valence-electron chi connectivity index (χ1n) is 5.78. The van der Waals surface area contributed by atoms with Crippen molar-refractivity contribution in [3.8, 4) is 0 Å². The molecule has 0 aliphatic heterocycles. The quantitative estimate of drug-likeness (QED) is 0.881. The van der Waals surface area contributed by atoms with Crippen LogP contribution in [0.3, 0.4) is 0 Å². The van der Waals surface area contributed by atoms with E-state index in [0.29, 0.717) is 10.6 Å². The number of sulfonamides is 1. The van der Waals surface area contributed by atoms with Crippen molar-refractivity contribution in [2.24, 2.45) is 0 Å². The minimum absolute atomic E-state index is 0.0836. The largest absolute Gasteiger partial charge is 0.294 e. The summed E-state index contributed by atoms with van der Waals surface area (Å²) in [6.07, 6.45) is 0. The first-order chi connectivity index (χ1) is 9.40. The highest BCUT2D eigenvalue weighted by atomic mass is 35.5. The molecule has 20 heavy (non-hydrogen) atoms. The summed E-state index contributed by atoms with van der Waals surface area (Å²) in [5.74, 6) is -0.209. The minimum Gasteiger partial charge on any atom is -0.294 e. The topological polar surface area (TPSA) is 63.2 Å². The van der Waals surface area contributed by atoms with Gasteiger partial charge in [0.2, 0.25) is 0 Å². The number of benzene rings is 2. The fraction of sp³-hybridized carbons (Fsp3) is 0.0714. The monoisotopic (exact) mass is 309 g/mol. The summed E-state index contributed by atoms with van der Waals surface area (Å²) in [6, 6.07) is 12.2. The van der Waals surface area contributed by atoms with Crippen LogP contribution in [-0.2, 0) is 10.0 Å². The second kappa shape index (κ2) is 5.64. The third-order valence-electron chi connectivity index (χ3n) is 2.67. The van der Waals surface area contributed by atoms with E-state index in [4.69, 9.17) is 11.6 Å². The summed E-state index contributed by atoms with van der Waals surface area (Å²) in [5, 5.41) is 0.452. The maximum absolute atomic E-state index is 12.2. The molecule has 104 valence electrons. The second-order valence-corrected chi connectivity index (χ2v) is 6.28. The molecule has 0 heterocycles. The number of carbonyl (C=O) groups is 1. The van der Waals surface area contributed by atoms with Crippen molar-refractivity contribution in [3.05, 3.63) is 59.1 Å². The van der Waals surface area contributed by atoms with Crippen LogP contribution in [0.1, 0.15) is 17.3 Å². The molecule has 0 aromatic heterocycles. The van der Waals surface area contributed by atoms with E-state index in [1.165, 1.54) is 31.2 Å². The van der Waals surface area contributed by atoms with Crippen molar-refractivity contribution >= 4 is 33.1 Å². The van der Waals surface area contributed by atoms with Gasteiger partial charge in [0.1, 0.15) is 0 Å². The van der Waals surface area contributed by atoms with Crippen molar-refractivity contribution in [3.63, 3.8) is 0 Å². The summed E-state index contributed by atoms with van der Waals surface area (Å²) in [6.45, 7) is 1.38.